The smallest absolute Gasteiger partial charge is 0.379 e. The minimum absolute atomic E-state index is 0.0811. The number of hydrogen-bond acceptors (Lipinski definition) is 7. The van der Waals surface area contributed by atoms with E-state index in [1.165, 1.54) is 16.9 Å². The summed E-state index contributed by atoms with van der Waals surface area (Å²) in [6.45, 7) is 7.16. The number of ketones is 1. The number of Topliss-reactive ketones (excluding diaryl/α,β-unsaturated/α-hetero) is 1. The summed E-state index contributed by atoms with van der Waals surface area (Å²) in [6, 6.07) is 8.92. The quantitative estimate of drug-likeness (QED) is 0.360. The Labute approximate surface area is 237 Å². The molecule has 0 atom stereocenters. The van der Waals surface area contributed by atoms with E-state index in [-0.39, 0.29) is 23.9 Å². The lowest BCUT2D eigenvalue weighted by Gasteiger charge is -2.41. The van der Waals surface area contributed by atoms with Crippen molar-refractivity contribution < 1.29 is 22.7 Å². The van der Waals surface area contributed by atoms with Crippen LogP contribution >= 0.6 is 0 Å². The van der Waals surface area contributed by atoms with E-state index in [0.717, 1.165) is 69.9 Å². The molecule has 1 aliphatic carbocycles. The monoisotopic (exact) mass is 566 g/mol. The van der Waals surface area contributed by atoms with E-state index in [1.54, 1.807) is 6.20 Å². The average Bonchev–Trinajstić information content (AvgIpc) is 3.44. The Morgan fingerprint density at radius 2 is 1.83 bits per heavy atom. The van der Waals surface area contributed by atoms with Crippen molar-refractivity contribution in [2.24, 2.45) is 0 Å². The van der Waals surface area contributed by atoms with E-state index in [9.17, 15) is 23.2 Å². The van der Waals surface area contributed by atoms with Gasteiger partial charge in [0.1, 0.15) is 0 Å². The zero-order valence-electron chi connectivity index (χ0n) is 23.2. The van der Waals surface area contributed by atoms with Crippen molar-refractivity contribution in [3.8, 4) is 11.9 Å². The Hall–Kier alpha value is -3.62. The maximum Gasteiger partial charge on any atom is 0.417 e. The Kier molecular flexibility index (Phi) is 8.25. The Bertz CT molecular complexity index is 1400. The molecular formula is C30H33F3N6O2. The number of ether oxygens (including phenoxy) is 1. The summed E-state index contributed by atoms with van der Waals surface area (Å²) in [4.78, 5) is 24.4. The molecule has 1 saturated carbocycles. The maximum absolute atomic E-state index is 13.3. The number of nitriles is 1. The summed E-state index contributed by atoms with van der Waals surface area (Å²) in [6.07, 6.45) is 2.81. The summed E-state index contributed by atoms with van der Waals surface area (Å²) in [7, 11) is 0. The van der Waals surface area contributed by atoms with Crippen molar-refractivity contribution in [1.29, 1.82) is 5.26 Å². The summed E-state index contributed by atoms with van der Waals surface area (Å²) in [5.41, 5.74) is 0.930. The first kappa shape index (κ1) is 28.9. The minimum Gasteiger partial charge on any atom is -0.379 e. The fraction of sp³-hybridized carbons (Fsp3) is 0.500. The van der Waals surface area contributed by atoms with Gasteiger partial charge in [-0.1, -0.05) is 19.9 Å². The highest BCUT2D eigenvalue weighted by atomic mass is 19.4. The van der Waals surface area contributed by atoms with Gasteiger partial charge in [-0.3, -0.25) is 14.7 Å². The number of morpholine rings is 1. The van der Waals surface area contributed by atoms with Gasteiger partial charge in [0.2, 0.25) is 0 Å². The molecule has 216 valence electrons. The Morgan fingerprint density at radius 3 is 2.39 bits per heavy atom. The molecule has 0 N–H and O–H groups in total. The normalized spacial score (nSPS) is 22.0. The SMILES string of the molecule is CC(C)c1c(C(=O)Cc2ccc(C3(C#N)CCC(N4CCOCC4)CC3)nc2)cnn1-c1ccc(C(F)(F)F)cn1. The van der Waals surface area contributed by atoms with E-state index >= 15 is 0 Å². The minimum atomic E-state index is -4.49. The first-order valence-electron chi connectivity index (χ1n) is 13.9. The molecule has 0 radical (unpaired) electrons. The van der Waals surface area contributed by atoms with E-state index in [2.05, 4.69) is 26.0 Å². The van der Waals surface area contributed by atoms with E-state index < -0.39 is 17.2 Å². The third-order valence-electron chi connectivity index (χ3n) is 8.21. The van der Waals surface area contributed by atoms with Crippen molar-refractivity contribution >= 4 is 5.78 Å². The second kappa shape index (κ2) is 11.7. The van der Waals surface area contributed by atoms with E-state index in [1.807, 2.05) is 26.0 Å². The van der Waals surface area contributed by atoms with Crippen LogP contribution < -0.4 is 0 Å². The van der Waals surface area contributed by atoms with Gasteiger partial charge in [0.15, 0.2) is 11.6 Å². The highest BCUT2D eigenvalue weighted by Crippen LogP contribution is 2.40. The summed E-state index contributed by atoms with van der Waals surface area (Å²) in [5.74, 6) is -0.108. The number of alkyl halides is 3. The highest BCUT2D eigenvalue weighted by Gasteiger charge is 2.40. The number of nitrogens with zero attached hydrogens (tertiary/aromatic N) is 6. The zero-order valence-corrected chi connectivity index (χ0v) is 23.2. The molecule has 41 heavy (non-hydrogen) atoms. The Morgan fingerprint density at radius 1 is 1.10 bits per heavy atom. The lowest BCUT2D eigenvalue weighted by atomic mass is 9.71. The van der Waals surface area contributed by atoms with Gasteiger partial charge in [-0.25, -0.2) is 9.67 Å². The van der Waals surface area contributed by atoms with E-state index in [4.69, 9.17) is 4.74 Å². The molecule has 1 saturated heterocycles. The number of halogens is 3. The fourth-order valence-corrected chi connectivity index (χ4v) is 5.91. The van der Waals surface area contributed by atoms with Gasteiger partial charge < -0.3 is 4.74 Å². The third-order valence-corrected chi connectivity index (χ3v) is 8.21. The largest absolute Gasteiger partial charge is 0.417 e. The van der Waals surface area contributed by atoms with Crippen LogP contribution in [-0.2, 0) is 22.7 Å². The van der Waals surface area contributed by atoms with Gasteiger partial charge in [-0.05, 0) is 55.4 Å². The fourth-order valence-electron chi connectivity index (χ4n) is 5.91. The second-order valence-corrected chi connectivity index (χ2v) is 11.1. The predicted octanol–water partition coefficient (Wildman–Crippen LogP) is 5.27. The molecule has 0 aromatic carbocycles. The number of pyridine rings is 2. The molecule has 5 rings (SSSR count). The molecule has 4 heterocycles. The van der Waals surface area contributed by atoms with Gasteiger partial charge >= 0.3 is 6.18 Å². The van der Waals surface area contributed by atoms with Gasteiger partial charge in [-0.15, -0.1) is 0 Å². The number of carbonyl (C=O) groups is 1. The van der Waals surface area contributed by atoms with Crippen LogP contribution in [-0.4, -0.2) is 62.8 Å². The number of aromatic nitrogens is 4. The van der Waals surface area contributed by atoms with Crippen LogP contribution in [0.4, 0.5) is 13.2 Å². The molecule has 2 fully saturated rings. The van der Waals surface area contributed by atoms with Crippen LogP contribution in [0.15, 0.2) is 42.9 Å². The Balaban J connectivity index is 1.29. The summed E-state index contributed by atoms with van der Waals surface area (Å²) < 4.78 is 45.8. The lowest BCUT2D eigenvalue weighted by Crippen LogP contribution is -2.47. The molecule has 0 unspecified atom stereocenters. The second-order valence-electron chi connectivity index (χ2n) is 11.1. The standard InChI is InChI=1S/C30H33F3N6O2/c1-20(2)28-24(18-37-39(28)27-6-4-22(17-36-27)30(31,32)33)25(40)15-21-3-5-26(35-16-21)29(19-34)9-7-23(8-10-29)38-11-13-41-14-12-38/h3-6,16-18,20,23H,7-15H2,1-2H3. The van der Waals surface area contributed by atoms with Crippen molar-refractivity contribution in [3.05, 3.63) is 70.9 Å². The number of carbonyl (C=O) groups excluding carboxylic acids is 1. The van der Waals surface area contributed by atoms with Crippen molar-refractivity contribution in [1.82, 2.24) is 24.6 Å². The van der Waals surface area contributed by atoms with Crippen LogP contribution in [0.1, 0.15) is 78.3 Å². The summed E-state index contributed by atoms with van der Waals surface area (Å²) >= 11 is 0. The maximum atomic E-state index is 13.3. The molecule has 0 amide bonds. The average molecular weight is 567 g/mol. The molecule has 2 aliphatic rings. The van der Waals surface area contributed by atoms with Crippen LogP contribution in [0.25, 0.3) is 5.82 Å². The topological polar surface area (TPSA) is 96.9 Å². The van der Waals surface area contributed by atoms with Gasteiger partial charge in [0.25, 0.3) is 0 Å². The molecule has 11 heteroatoms. The predicted molar refractivity (Wildman–Crippen MR) is 145 cm³/mol. The van der Waals surface area contributed by atoms with Crippen molar-refractivity contribution in [2.75, 3.05) is 26.3 Å². The molecular weight excluding hydrogens is 533 g/mol. The van der Waals surface area contributed by atoms with Gasteiger partial charge in [-0.2, -0.15) is 23.5 Å². The van der Waals surface area contributed by atoms with Gasteiger partial charge in [0.05, 0.1) is 53.4 Å². The van der Waals surface area contributed by atoms with Crippen LogP contribution in [0, 0.1) is 11.3 Å². The summed E-state index contributed by atoms with van der Waals surface area (Å²) in [5, 5.41) is 14.4. The van der Waals surface area contributed by atoms with Gasteiger partial charge in [0, 0.05) is 37.9 Å². The molecule has 0 spiro atoms. The molecule has 0 bridgehead atoms. The first-order chi connectivity index (χ1) is 19.6. The van der Waals surface area contributed by atoms with Crippen LogP contribution in [0.2, 0.25) is 0 Å². The third kappa shape index (κ3) is 6.04. The number of hydrogen-bond donors (Lipinski definition) is 0. The highest BCUT2D eigenvalue weighted by molar-refractivity contribution is 5.98. The van der Waals surface area contributed by atoms with Crippen molar-refractivity contribution in [3.63, 3.8) is 0 Å². The zero-order chi connectivity index (χ0) is 29.2. The van der Waals surface area contributed by atoms with Crippen molar-refractivity contribution in [2.45, 2.75) is 69.5 Å². The van der Waals surface area contributed by atoms with E-state index in [0.29, 0.717) is 22.9 Å². The first-order valence-corrected chi connectivity index (χ1v) is 13.9. The number of rotatable bonds is 7. The molecule has 1 aliphatic heterocycles. The van der Waals surface area contributed by atoms with Crippen LogP contribution in [0.5, 0.6) is 0 Å². The van der Waals surface area contributed by atoms with Crippen LogP contribution in [0.3, 0.4) is 0 Å². The lowest BCUT2D eigenvalue weighted by molar-refractivity contribution is -0.137. The molecule has 3 aromatic rings. The molecule has 3 aromatic heterocycles. The molecule has 8 nitrogen and oxygen atoms in total.